The molecule has 0 amide bonds. The molecule has 0 aliphatic heterocycles. The first-order chi connectivity index (χ1) is 18.8. The largest absolute Gasteiger partial charge is 0.292 e. The molecular formula is C32H19N5S. The SMILES string of the molecule is c1ccc(-c2ccc3c(n2)c2c4sc5ccccc5c4ccc2n3-c2ccnc(-c3cccnc3)n2)cc1. The lowest BCUT2D eigenvalue weighted by Gasteiger charge is -2.08. The Morgan fingerprint density at radius 3 is 2.37 bits per heavy atom. The topological polar surface area (TPSA) is 56.5 Å². The molecule has 0 saturated carbocycles. The van der Waals surface area contributed by atoms with E-state index in [1.165, 1.54) is 20.2 Å². The lowest BCUT2D eigenvalue weighted by atomic mass is 10.1. The molecule has 38 heavy (non-hydrogen) atoms. The third-order valence-electron chi connectivity index (χ3n) is 6.98. The summed E-state index contributed by atoms with van der Waals surface area (Å²) in [5.74, 6) is 1.44. The molecule has 8 rings (SSSR count). The van der Waals surface area contributed by atoms with Crippen LogP contribution in [0.4, 0.5) is 0 Å². The maximum atomic E-state index is 5.25. The molecule has 5 nitrogen and oxygen atoms in total. The van der Waals surface area contributed by atoms with Gasteiger partial charge in [0, 0.05) is 55.3 Å². The number of aromatic nitrogens is 5. The van der Waals surface area contributed by atoms with Gasteiger partial charge in [-0.1, -0.05) is 54.6 Å². The molecule has 0 fully saturated rings. The predicted octanol–water partition coefficient (Wildman–Crippen LogP) is 8.07. The molecule has 0 aliphatic rings. The fourth-order valence-corrected chi connectivity index (χ4v) is 6.51. The zero-order valence-corrected chi connectivity index (χ0v) is 20.9. The minimum Gasteiger partial charge on any atom is -0.292 e. The molecule has 5 aromatic heterocycles. The van der Waals surface area contributed by atoms with Crippen LogP contribution in [-0.4, -0.2) is 24.5 Å². The minimum atomic E-state index is 0.641. The molecule has 0 N–H and O–H groups in total. The van der Waals surface area contributed by atoms with E-state index >= 15 is 0 Å². The van der Waals surface area contributed by atoms with Crippen molar-refractivity contribution in [2.45, 2.75) is 0 Å². The van der Waals surface area contributed by atoms with E-state index in [1.807, 2.05) is 41.8 Å². The van der Waals surface area contributed by atoms with Crippen molar-refractivity contribution in [2.24, 2.45) is 0 Å². The molecule has 0 aliphatic carbocycles. The summed E-state index contributed by atoms with van der Waals surface area (Å²) in [4.78, 5) is 19.0. The Morgan fingerprint density at radius 1 is 0.632 bits per heavy atom. The second-order valence-electron chi connectivity index (χ2n) is 9.18. The Bertz CT molecular complexity index is 2130. The van der Waals surface area contributed by atoms with Gasteiger partial charge in [-0.15, -0.1) is 11.3 Å². The quantitative estimate of drug-likeness (QED) is 0.244. The van der Waals surface area contributed by atoms with Crippen molar-refractivity contribution in [3.63, 3.8) is 0 Å². The molecule has 8 aromatic rings. The molecule has 0 radical (unpaired) electrons. The van der Waals surface area contributed by atoms with Crippen LogP contribution < -0.4 is 0 Å². The summed E-state index contributed by atoms with van der Waals surface area (Å²) in [5, 5.41) is 3.68. The second-order valence-corrected chi connectivity index (χ2v) is 10.2. The first-order valence-corrected chi connectivity index (χ1v) is 13.2. The molecule has 6 heteroatoms. The summed E-state index contributed by atoms with van der Waals surface area (Å²) in [7, 11) is 0. The van der Waals surface area contributed by atoms with Crippen LogP contribution in [0.3, 0.4) is 0 Å². The maximum absolute atomic E-state index is 5.25. The lowest BCUT2D eigenvalue weighted by molar-refractivity contribution is 1.04. The van der Waals surface area contributed by atoms with Crippen LogP contribution in [0.25, 0.3) is 70.6 Å². The highest BCUT2D eigenvalue weighted by molar-refractivity contribution is 7.26. The van der Waals surface area contributed by atoms with Crippen LogP contribution >= 0.6 is 11.3 Å². The molecular weight excluding hydrogens is 486 g/mol. The van der Waals surface area contributed by atoms with E-state index in [4.69, 9.17) is 9.97 Å². The summed E-state index contributed by atoms with van der Waals surface area (Å²) >= 11 is 1.82. The number of rotatable bonds is 3. The number of thiophene rings is 1. The number of hydrogen-bond donors (Lipinski definition) is 0. The summed E-state index contributed by atoms with van der Waals surface area (Å²) in [5.41, 5.74) is 5.99. The van der Waals surface area contributed by atoms with E-state index in [2.05, 4.69) is 87.3 Å². The van der Waals surface area contributed by atoms with Gasteiger partial charge in [-0.25, -0.2) is 15.0 Å². The van der Waals surface area contributed by atoms with Crippen LogP contribution in [-0.2, 0) is 0 Å². The van der Waals surface area contributed by atoms with E-state index in [9.17, 15) is 0 Å². The van der Waals surface area contributed by atoms with Crippen LogP contribution in [0.2, 0.25) is 0 Å². The van der Waals surface area contributed by atoms with Gasteiger partial charge < -0.3 is 0 Å². The third-order valence-corrected chi connectivity index (χ3v) is 8.18. The Balaban J connectivity index is 1.48. The van der Waals surface area contributed by atoms with Gasteiger partial charge in [0.05, 0.1) is 22.2 Å². The summed E-state index contributed by atoms with van der Waals surface area (Å²) in [6, 6.07) is 33.5. The van der Waals surface area contributed by atoms with Gasteiger partial charge in [-0.05, 0) is 42.5 Å². The smallest absolute Gasteiger partial charge is 0.163 e. The summed E-state index contributed by atoms with van der Waals surface area (Å²) < 4.78 is 4.72. The zero-order chi connectivity index (χ0) is 25.1. The highest BCUT2D eigenvalue weighted by Crippen LogP contribution is 2.43. The van der Waals surface area contributed by atoms with Crippen molar-refractivity contribution >= 4 is 53.4 Å². The Morgan fingerprint density at radius 2 is 1.47 bits per heavy atom. The average molecular weight is 506 g/mol. The average Bonchev–Trinajstić information content (AvgIpc) is 3.53. The van der Waals surface area contributed by atoms with E-state index in [0.29, 0.717) is 5.82 Å². The van der Waals surface area contributed by atoms with Crippen LogP contribution in [0.1, 0.15) is 0 Å². The molecule has 0 unspecified atom stereocenters. The molecule has 0 atom stereocenters. The number of hydrogen-bond acceptors (Lipinski definition) is 5. The van der Waals surface area contributed by atoms with Gasteiger partial charge >= 0.3 is 0 Å². The highest BCUT2D eigenvalue weighted by Gasteiger charge is 2.20. The van der Waals surface area contributed by atoms with E-state index < -0.39 is 0 Å². The maximum Gasteiger partial charge on any atom is 0.163 e. The predicted molar refractivity (Wildman–Crippen MR) is 156 cm³/mol. The molecule has 5 heterocycles. The highest BCUT2D eigenvalue weighted by atomic mass is 32.1. The first-order valence-electron chi connectivity index (χ1n) is 12.4. The normalized spacial score (nSPS) is 11.7. The number of fused-ring (bicyclic) bond motifs is 7. The van der Waals surface area contributed by atoms with Crippen molar-refractivity contribution in [2.75, 3.05) is 0 Å². The number of nitrogens with zero attached hydrogens (tertiary/aromatic N) is 5. The Hall–Kier alpha value is -4.94. The van der Waals surface area contributed by atoms with Crippen molar-refractivity contribution in [1.82, 2.24) is 24.5 Å². The standard InChI is InChI=1S/C32H19N5S/c1-2-7-20(8-3-1)24-13-15-26-30(35-24)29-25(14-12-23-22-10-4-5-11-27(22)38-31(23)29)37(26)28-16-18-34-32(36-28)21-9-6-17-33-19-21/h1-19H. The van der Waals surface area contributed by atoms with Crippen LogP contribution in [0.15, 0.2) is 116 Å². The van der Waals surface area contributed by atoms with Crippen molar-refractivity contribution < 1.29 is 0 Å². The van der Waals surface area contributed by atoms with Crippen LogP contribution in [0, 0.1) is 0 Å². The van der Waals surface area contributed by atoms with Crippen molar-refractivity contribution in [3.05, 3.63) is 116 Å². The summed E-state index contributed by atoms with van der Waals surface area (Å²) in [6.07, 6.45) is 5.36. The zero-order valence-electron chi connectivity index (χ0n) is 20.1. The Kier molecular flexibility index (Phi) is 4.62. The van der Waals surface area contributed by atoms with E-state index in [-0.39, 0.29) is 0 Å². The van der Waals surface area contributed by atoms with Gasteiger partial charge in [0.25, 0.3) is 0 Å². The monoisotopic (exact) mass is 505 g/mol. The molecule has 178 valence electrons. The fourth-order valence-electron chi connectivity index (χ4n) is 5.26. The summed E-state index contributed by atoms with van der Waals surface area (Å²) in [6.45, 7) is 0. The fraction of sp³-hybridized carbons (Fsp3) is 0. The molecule has 3 aromatic carbocycles. The van der Waals surface area contributed by atoms with Crippen molar-refractivity contribution in [3.8, 4) is 28.5 Å². The Labute approximate surface area is 221 Å². The van der Waals surface area contributed by atoms with Gasteiger partial charge in [-0.2, -0.15) is 0 Å². The number of benzene rings is 3. The van der Waals surface area contributed by atoms with Gasteiger partial charge in [-0.3, -0.25) is 9.55 Å². The minimum absolute atomic E-state index is 0.641. The van der Waals surface area contributed by atoms with Gasteiger partial charge in [0.2, 0.25) is 0 Å². The second kappa shape index (κ2) is 8.30. The van der Waals surface area contributed by atoms with Gasteiger partial charge in [0.15, 0.2) is 5.82 Å². The van der Waals surface area contributed by atoms with Gasteiger partial charge in [0.1, 0.15) is 5.82 Å². The molecule has 0 spiro atoms. The van der Waals surface area contributed by atoms with E-state index in [0.717, 1.165) is 44.6 Å². The number of pyridine rings is 2. The molecule has 0 bridgehead atoms. The molecule has 0 saturated heterocycles. The third kappa shape index (κ3) is 3.17. The van der Waals surface area contributed by atoms with Crippen LogP contribution in [0.5, 0.6) is 0 Å². The van der Waals surface area contributed by atoms with E-state index in [1.54, 1.807) is 12.4 Å². The lowest BCUT2D eigenvalue weighted by Crippen LogP contribution is -2.00. The first kappa shape index (κ1) is 21.2. The van der Waals surface area contributed by atoms with Crippen molar-refractivity contribution in [1.29, 1.82) is 0 Å².